The first kappa shape index (κ1) is 31.4. The second kappa shape index (κ2) is 12.9. The zero-order valence-corrected chi connectivity index (χ0v) is 26.0. The molecular weight excluding hydrogens is 588 g/mol. The van der Waals surface area contributed by atoms with E-state index in [1.807, 2.05) is 78.9 Å². The summed E-state index contributed by atoms with van der Waals surface area (Å²) in [6, 6.07) is 31.7. The molecule has 9 heteroatoms. The summed E-state index contributed by atoms with van der Waals surface area (Å²) in [4.78, 5) is 26.1. The van der Waals surface area contributed by atoms with Crippen molar-refractivity contribution >= 4 is 50.2 Å². The van der Waals surface area contributed by atoms with Crippen LogP contribution in [-0.2, 0) is 20.3 Å². The number of hydrogen-bond acceptors (Lipinski definition) is 5. The molecule has 0 aliphatic rings. The van der Waals surface area contributed by atoms with Gasteiger partial charge in [0.05, 0.1) is 5.75 Å². The number of amides is 2. The van der Waals surface area contributed by atoms with E-state index in [1.54, 1.807) is 30.3 Å². The highest BCUT2D eigenvalue weighted by molar-refractivity contribution is 7.85. The van der Waals surface area contributed by atoms with Gasteiger partial charge in [0.2, 0.25) is 0 Å². The van der Waals surface area contributed by atoms with Gasteiger partial charge in [-0.25, -0.2) is 0 Å². The van der Waals surface area contributed by atoms with Crippen molar-refractivity contribution in [2.45, 2.75) is 26.2 Å². The van der Waals surface area contributed by atoms with Crippen LogP contribution in [-0.4, -0.2) is 37.1 Å². The molecule has 0 saturated carbocycles. The molecule has 0 atom stereocenters. The second-order valence-electron chi connectivity index (χ2n) is 11.7. The van der Waals surface area contributed by atoms with Gasteiger partial charge in [-0.3, -0.25) is 14.1 Å². The average Bonchev–Trinajstić information content (AvgIpc) is 3.44. The van der Waals surface area contributed by atoms with Gasteiger partial charge in [-0.15, -0.1) is 0 Å². The SMILES string of the molecule is CC(C)(C)c1ccc(/C(=C/c2ccc(C(=O)NCCS(=O)(=O)O)cc2)C(=O)Nc2ccc(-c3cc4ccccc4o3)cc2)cc1. The minimum absolute atomic E-state index is 0.0516. The van der Waals surface area contributed by atoms with Gasteiger partial charge in [0.15, 0.2) is 0 Å². The normalized spacial score (nSPS) is 12.2. The monoisotopic (exact) mass is 622 g/mol. The van der Waals surface area contributed by atoms with Crippen molar-refractivity contribution in [3.63, 3.8) is 0 Å². The van der Waals surface area contributed by atoms with Crippen LogP contribution in [0.5, 0.6) is 0 Å². The van der Waals surface area contributed by atoms with E-state index in [4.69, 9.17) is 8.97 Å². The van der Waals surface area contributed by atoms with Gasteiger partial charge in [-0.1, -0.05) is 75.4 Å². The lowest BCUT2D eigenvalue weighted by Gasteiger charge is -2.19. The maximum Gasteiger partial charge on any atom is 0.266 e. The molecule has 230 valence electrons. The summed E-state index contributed by atoms with van der Waals surface area (Å²) < 4.78 is 36.7. The minimum Gasteiger partial charge on any atom is -0.456 e. The third kappa shape index (κ3) is 8.14. The maximum absolute atomic E-state index is 13.7. The van der Waals surface area contributed by atoms with Crippen molar-refractivity contribution in [1.29, 1.82) is 0 Å². The summed E-state index contributed by atoms with van der Waals surface area (Å²) in [7, 11) is -4.18. The van der Waals surface area contributed by atoms with Crippen LogP contribution in [0.4, 0.5) is 5.69 Å². The number of hydrogen-bond donors (Lipinski definition) is 3. The summed E-state index contributed by atoms with van der Waals surface area (Å²) in [6.07, 6.45) is 1.75. The number of carbonyl (C=O) groups excluding carboxylic acids is 2. The molecule has 0 saturated heterocycles. The van der Waals surface area contributed by atoms with E-state index in [0.29, 0.717) is 22.4 Å². The second-order valence-corrected chi connectivity index (χ2v) is 13.3. The summed E-state index contributed by atoms with van der Waals surface area (Å²) in [6.45, 7) is 6.16. The van der Waals surface area contributed by atoms with Gasteiger partial charge >= 0.3 is 0 Å². The summed E-state index contributed by atoms with van der Waals surface area (Å²) in [5, 5.41) is 6.48. The first-order valence-corrected chi connectivity index (χ1v) is 16.0. The van der Waals surface area contributed by atoms with E-state index in [0.717, 1.165) is 33.4 Å². The number of para-hydroxylation sites is 1. The number of carbonyl (C=O) groups is 2. The zero-order valence-electron chi connectivity index (χ0n) is 25.2. The first-order valence-electron chi connectivity index (χ1n) is 14.4. The Hall–Kier alpha value is -4.99. The topological polar surface area (TPSA) is 126 Å². The molecule has 8 nitrogen and oxygen atoms in total. The minimum atomic E-state index is -4.18. The Morgan fingerprint density at radius 1 is 0.844 bits per heavy atom. The predicted molar refractivity (Wildman–Crippen MR) is 178 cm³/mol. The molecule has 0 aliphatic heterocycles. The van der Waals surface area contributed by atoms with Crippen LogP contribution in [0.25, 0.3) is 33.9 Å². The van der Waals surface area contributed by atoms with E-state index >= 15 is 0 Å². The van der Waals surface area contributed by atoms with Crippen molar-refractivity contribution in [3.8, 4) is 11.3 Å². The lowest BCUT2D eigenvalue weighted by atomic mass is 9.86. The molecule has 0 radical (unpaired) electrons. The Morgan fingerprint density at radius 3 is 2.11 bits per heavy atom. The smallest absolute Gasteiger partial charge is 0.266 e. The Morgan fingerprint density at radius 2 is 1.49 bits per heavy atom. The Bertz CT molecular complexity index is 1930. The van der Waals surface area contributed by atoms with Crippen molar-refractivity contribution in [1.82, 2.24) is 5.32 Å². The molecule has 3 N–H and O–H groups in total. The van der Waals surface area contributed by atoms with Crippen LogP contribution in [0.15, 0.2) is 108 Å². The Labute approximate surface area is 262 Å². The number of anilines is 1. The van der Waals surface area contributed by atoms with E-state index in [1.165, 1.54) is 0 Å². The molecule has 45 heavy (non-hydrogen) atoms. The zero-order chi connectivity index (χ0) is 32.2. The quantitative estimate of drug-likeness (QED) is 0.0907. The molecule has 5 aromatic rings. The van der Waals surface area contributed by atoms with Gasteiger partial charge in [-0.2, -0.15) is 8.42 Å². The molecule has 5 rings (SSSR count). The van der Waals surface area contributed by atoms with Gasteiger partial charge in [0.1, 0.15) is 11.3 Å². The molecule has 0 unspecified atom stereocenters. The molecular formula is C36H34N2O6S. The largest absolute Gasteiger partial charge is 0.456 e. The lowest BCUT2D eigenvalue weighted by molar-refractivity contribution is -0.111. The average molecular weight is 623 g/mol. The molecule has 1 heterocycles. The van der Waals surface area contributed by atoms with E-state index < -0.39 is 21.8 Å². The highest BCUT2D eigenvalue weighted by Gasteiger charge is 2.17. The van der Waals surface area contributed by atoms with Crippen molar-refractivity contribution < 1.29 is 27.0 Å². The molecule has 0 spiro atoms. The molecule has 2 amide bonds. The van der Waals surface area contributed by atoms with Crippen molar-refractivity contribution in [3.05, 3.63) is 125 Å². The number of rotatable bonds is 9. The standard InChI is InChI=1S/C36H34N2O6S/c1-36(2,3)29-16-12-25(13-17-29)31(22-24-8-10-27(11-9-24)34(39)37-20-21-45(41,42)43)35(40)38-30-18-14-26(15-19-30)33-23-28-6-4-5-7-32(28)44-33/h4-19,22-23H,20-21H2,1-3H3,(H,37,39)(H,38,40)(H,41,42,43)/b31-22-. The summed E-state index contributed by atoms with van der Waals surface area (Å²) >= 11 is 0. The Balaban J connectivity index is 1.38. The fourth-order valence-electron chi connectivity index (χ4n) is 4.76. The van der Waals surface area contributed by atoms with Gasteiger partial charge in [-0.05, 0) is 76.7 Å². The third-order valence-electron chi connectivity index (χ3n) is 7.29. The van der Waals surface area contributed by atoms with Gasteiger partial charge < -0.3 is 15.1 Å². The molecule has 4 aromatic carbocycles. The molecule has 0 fully saturated rings. The highest BCUT2D eigenvalue weighted by atomic mass is 32.2. The molecule has 0 bridgehead atoms. The fraction of sp³-hybridized carbons (Fsp3) is 0.167. The number of benzene rings is 4. The van der Waals surface area contributed by atoms with E-state index in [9.17, 15) is 18.0 Å². The first-order chi connectivity index (χ1) is 21.4. The highest BCUT2D eigenvalue weighted by Crippen LogP contribution is 2.30. The summed E-state index contributed by atoms with van der Waals surface area (Å²) in [5.74, 6) is -0.614. The molecule has 1 aromatic heterocycles. The van der Waals surface area contributed by atoms with Gasteiger partial charge in [0, 0.05) is 34.3 Å². The van der Waals surface area contributed by atoms with Crippen LogP contribution < -0.4 is 10.6 Å². The number of nitrogens with one attached hydrogen (secondary N) is 2. The van der Waals surface area contributed by atoms with Gasteiger partial charge in [0.25, 0.3) is 21.9 Å². The van der Waals surface area contributed by atoms with Crippen LogP contribution in [0.1, 0.15) is 47.8 Å². The van der Waals surface area contributed by atoms with Crippen molar-refractivity contribution in [2.24, 2.45) is 0 Å². The van der Waals surface area contributed by atoms with Crippen LogP contribution in [0.2, 0.25) is 0 Å². The lowest BCUT2D eigenvalue weighted by Crippen LogP contribution is -2.28. The number of fused-ring (bicyclic) bond motifs is 1. The Kier molecular flexibility index (Phi) is 9.04. The fourth-order valence-corrected chi connectivity index (χ4v) is 5.12. The van der Waals surface area contributed by atoms with Crippen LogP contribution in [0, 0.1) is 0 Å². The van der Waals surface area contributed by atoms with Crippen LogP contribution in [0.3, 0.4) is 0 Å². The van der Waals surface area contributed by atoms with Crippen molar-refractivity contribution in [2.75, 3.05) is 17.6 Å². The third-order valence-corrected chi connectivity index (χ3v) is 8.01. The number of furan rings is 1. The maximum atomic E-state index is 13.7. The van der Waals surface area contributed by atoms with E-state index in [-0.39, 0.29) is 17.9 Å². The van der Waals surface area contributed by atoms with Crippen LogP contribution >= 0.6 is 0 Å². The molecule has 0 aliphatic carbocycles. The van der Waals surface area contributed by atoms with E-state index in [2.05, 4.69) is 31.4 Å². The predicted octanol–water partition coefficient (Wildman–Crippen LogP) is 7.19. The summed E-state index contributed by atoms with van der Waals surface area (Å²) in [5.41, 5.74) is 5.56.